The molecule has 40 heavy (non-hydrogen) atoms. The van der Waals surface area contributed by atoms with Crippen molar-refractivity contribution in [2.24, 2.45) is 0 Å². The molecule has 1 fully saturated rings. The maximum absolute atomic E-state index is 2.57. The number of anilines is 6. The summed E-state index contributed by atoms with van der Waals surface area (Å²) < 4.78 is 0. The summed E-state index contributed by atoms with van der Waals surface area (Å²) in [5.74, 6) is 0.670. The first-order valence-corrected chi connectivity index (χ1v) is 14.9. The van der Waals surface area contributed by atoms with E-state index in [1.807, 2.05) is 0 Å². The van der Waals surface area contributed by atoms with Crippen LogP contribution < -0.4 is 26.2 Å². The summed E-state index contributed by atoms with van der Waals surface area (Å²) >= 11 is 0. The van der Waals surface area contributed by atoms with Crippen molar-refractivity contribution in [1.82, 2.24) is 0 Å². The van der Waals surface area contributed by atoms with Gasteiger partial charge in [-0.2, -0.15) is 0 Å². The Morgan fingerprint density at radius 1 is 0.550 bits per heavy atom. The van der Waals surface area contributed by atoms with Gasteiger partial charge in [0.15, 0.2) is 0 Å². The minimum atomic E-state index is 0.197. The second-order valence-electron chi connectivity index (χ2n) is 11.7. The highest BCUT2D eigenvalue weighted by molar-refractivity contribution is 7.00. The lowest BCUT2D eigenvalue weighted by molar-refractivity contribution is 0.444. The van der Waals surface area contributed by atoms with Crippen molar-refractivity contribution < 1.29 is 0 Å². The third-order valence-corrected chi connectivity index (χ3v) is 9.31. The Morgan fingerprint density at radius 2 is 1.18 bits per heavy atom. The maximum Gasteiger partial charge on any atom is 0.252 e. The molecule has 8 rings (SSSR count). The summed E-state index contributed by atoms with van der Waals surface area (Å²) in [6.07, 6.45) is 6.70. The summed E-state index contributed by atoms with van der Waals surface area (Å²) in [6, 6.07) is 43.2. The monoisotopic (exact) mass is 516 g/mol. The highest BCUT2D eigenvalue weighted by atomic mass is 15.2. The zero-order valence-corrected chi connectivity index (χ0v) is 23.1. The molecule has 0 unspecified atom stereocenters. The van der Waals surface area contributed by atoms with Crippen molar-refractivity contribution >= 4 is 57.2 Å². The molecule has 0 saturated heterocycles. The van der Waals surface area contributed by atoms with E-state index in [9.17, 15) is 0 Å². The van der Waals surface area contributed by atoms with Crippen molar-refractivity contribution in [1.29, 1.82) is 0 Å². The molecule has 194 valence electrons. The topological polar surface area (TPSA) is 6.48 Å². The average molecular weight is 516 g/mol. The molecule has 0 spiro atoms. The molecular weight excluding hydrogens is 483 g/mol. The predicted octanol–water partition coefficient (Wildman–Crippen LogP) is 8.13. The van der Waals surface area contributed by atoms with E-state index in [0.29, 0.717) is 5.92 Å². The summed E-state index contributed by atoms with van der Waals surface area (Å²) in [4.78, 5) is 4.97. The summed E-state index contributed by atoms with van der Waals surface area (Å²) in [5, 5.41) is 0. The lowest BCUT2D eigenvalue weighted by Crippen LogP contribution is -2.61. The van der Waals surface area contributed by atoms with Crippen molar-refractivity contribution in [2.75, 3.05) is 9.80 Å². The number of hydrogen-bond acceptors (Lipinski definition) is 2. The van der Waals surface area contributed by atoms with Gasteiger partial charge in [0.1, 0.15) is 0 Å². The fraction of sp³-hybridized carbons (Fsp3) is 0.189. The molecule has 0 aromatic heterocycles. The highest BCUT2D eigenvalue weighted by Gasteiger charge is 2.43. The van der Waals surface area contributed by atoms with Crippen LogP contribution in [0.2, 0.25) is 0 Å². The quantitative estimate of drug-likeness (QED) is 0.219. The molecule has 0 atom stereocenters. The number of aryl methyl sites for hydroxylation is 1. The molecule has 3 heteroatoms. The third-order valence-electron chi connectivity index (χ3n) is 9.31. The number of fused-ring (bicyclic) bond motifs is 4. The summed E-state index contributed by atoms with van der Waals surface area (Å²) in [5.41, 5.74) is 14.6. The minimum Gasteiger partial charge on any atom is -0.311 e. The van der Waals surface area contributed by atoms with Crippen LogP contribution in [0.25, 0.3) is 0 Å². The fourth-order valence-corrected chi connectivity index (χ4v) is 7.43. The highest BCUT2D eigenvalue weighted by Crippen LogP contribution is 2.44. The Morgan fingerprint density at radius 3 is 1.93 bits per heavy atom. The van der Waals surface area contributed by atoms with Crippen LogP contribution in [0.3, 0.4) is 0 Å². The van der Waals surface area contributed by atoms with E-state index >= 15 is 0 Å². The van der Waals surface area contributed by atoms with E-state index < -0.39 is 0 Å². The number of hydrogen-bond donors (Lipinski definition) is 0. The van der Waals surface area contributed by atoms with Gasteiger partial charge in [-0.15, -0.1) is 0 Å². The smallest absolute Gasteiger partial charge is 0.252 e. The van der Waals surface area contributed by atoms with E-state index in [4.69, 9.17) is 0 Å². The molecule has 1 aliphatic carbocycles. The zero-order valence-electron chi connectivity index (χ0n) is 23.1. The van der Waals surface area contributed by atoms with Crippen molar-refractivity contribution in [2.45, 2.75) is 44.9 Å². The summed E-state index contributed by atoms with van der Waals surface area (Å²) in [7, 11) is 0. The van der Waals surface area contributed by atoms with Crippen LogP contribution in [0.5, 0.6) is 0 Å². The van der Waals surface area contributed by atoms with E-state index in [1.54, 1.807) is 0 Å². The van der Waals surface area contributed by atoms with E-state index in [1.165, 1.54) is 93.7 Å². The molecule has 2 heterocycles. The average Bonchev–Trinajstić information content (AvgIpc) is 3.02. The Bertz CT molecular complexity index is 1700. The first-order chi connectivity index (χ1) is 19.8. The van der Waals surface area contributed by atoms with Crippen LogP contribution in [0.1, 0.15) is 49.1 Å². The van der Waals surface area contributed by atoms with Gasteiger partial charge in [-0.1, -0.05) is 91.6 Å². The maximum atomic E-state index is 2.57. The SMILES string of the molecule is Cc1ccc(N2c3ccccc3B3c4cc(C5CCCCC5)ccc4N(c4ccccc4)c4cccc2c43)cc1. The minimum absolute atomic E-state index is 0.197. The van der Waals surface area contributed by atoms with E-state index in [-0.39, 0.29) is 6.71 Å². The van der Waals surface area contributed by atoms with Gasteiger partial charge in [-0.3, -0.25) is 0 Å². The molecule has 5 aromatic carbocycles. The van der Waals surface area contributed by atoms with Gasteiger partial charge in [-0.05, 0) is 96.2 Å². The van der Waals surface area contributed by atoms with Crippen molar-refractivity contribution in [3.63, 3.8) is 0 Å². The Kier molecular flexibility index (Phi) is 5.58. The van der Waals surface area contributed by atoms with Crippen LogP contribution in [-0.2, 0) is 0 Å². The largest absolute Gasteiger partial charge is 0.311 e. The van der Waals surface area contributed by atoms with Crippen LogP contribution in [0.15, 0.2) is 115 Å². The van der Waals surface area contributed by atoms with Crippen molar-refractivity contribution in [3.05, 3.63) is 126 Å². The first kappa shape index (κ1) is 23.6. The number of benzene rings is 5. The number of nitrogens with zero attached hydrogens (tertiary/aromatic N) is 2. The van der Waals surface area contributed by atoms with Crippen LogP contribution in [0.4, 0.5) is 34.1 Å². The molecule has 5 aromatic rings. The van der Waals surface area contributed by atoms with E-state index in [0.717, 1.165) is 0 Å². The summed E-state index contributed by atoms with van der Waals surface area (Å²) in [6.45, 7) is 2.36. The molecule has 2 aliphatic heterocycles. The van der Waals surface area contributed by atoms with Crippen LogP contribution in [-0.4, -0.2) is 6.71 Å². The van der Waals surface area contributed by atoms with Gasteiger partial charge in [0.25, 0.3) is 6.71 Å². The Labute approximate surface area is 238 Å². The number of para-hydroxylation sites is 2. The second kappa shape index (κ2) is 9.45. The lowest BCUT2D eigenvalue weighted by Gasteiger charge is -2.44. The molecule has 2 nitrogen and oxygen atoms in total. The molecule has 0 N–H and O–H groups in total. The molecule has 0 amide bonds. The van der Waals surface area contributed by atoms with E-state index in [2.05, 4.69) is 132 Å². The van der Waals surface area contributed by atoms with Crippen molar-refractivity contribution in [3.8, 4) is 0 Å². The number of rotatable bonds is 3. The van der Waals surface area contributed by atoms with Gasteiger partial charge in [0.05, 0.1) is 0 Å². The first-order valence-electron chi connectivity index (χ1n) is 14.9. The van der Waals surface area contributed by atoms with Gasteiger partial charge < -0.3 is 9.80 Å². The predicted molar refractivity (Wildman–Crippen MR) is 171 cm³/mol. The molecule has 1 saturated carbocycles. The van der Waals surface area contributed by atoms with Gasteiger partial charge in [0, 0.05) is 34.1 Å². The standard InChI is InChI=1S/C37H33BN2/c1-26-19-22-30(23-20-26)40-33-16-9-8-15-31(33)38-32-25-28(27-11-4-2-5-12-27)21-24-34(32)39(29-13-6-3-7-14-29)35-17-10-18-36(40)37(35)38/h3,6-10,13-25,27H,2,4-5,11-12H2,1H3. The molecule has 0 radical (unpaired) electrons. The lowest BCUT2D eigenvalue weighted by atomic mass is 9.33. The third kappa shape index (κ3) is 3.64. The van der Waals surface area contributed by atoms with Gasteiger partial charge >= 0.3 is 0 Å². The fourth-order valence-electron chi connectivity index (χ4n) is 7.43. The van der Waals surface area contributed by atoms with Crippen LogP contribution >= 0.6 is 0 Å². The zero-order chi connectivity index (χ0) is 26.6. The van der Waals surface area contributed by atoms with Gasteiger partial charge in [0.2, 0.25) is 0 Å². The normalized spacial score (nSPS) is 15.9. The van der Waals surface area contributed by atoms with Crippen LogP contribution in [0, 0.1) is 6.92 Å². The molecule has 0 bridgehead atoms. The Hall–Kier alpha value is -4.24. The molecule has 3 aliphatic rings. The van der Waals surface area contributed by atoms with Gasteiger partial charge in [-0.25, -0.2) is 0 Å². The molecular formula is C37H33BN2. The second-order valence-corrected chi connectivity index (χ2v) is 11.7. The Balaban J connectivity index is 1.41.